The van der Waals surface area contributed by atoms with Gasteiger partial charge in [-0.1, -0.05) is 60.7 Å². The smallest absolute Gasteiger partial charge is 0.120 e. The molecule has 0 aromatic heterocycles. The summed E-state index contributed by atoms with van der Waals surface area (Å²) in [5.41, 5.74) is 5.95. The molecule has 38 heavy (non-hydrogen) atoms. The van der Waals surface area contributed by atoms with Gasteiger partial charge < -0.3 is 14.4 Å². The molecule has 0 aliphatic heterocycles. The molecule has 0 radical (unpaired) electrons. The van der Waals surface area contributed by atoms with Crippen LogP contribution in [0.25, 0.3) is 0 Å². The standard InChI is InChI=1S/C33H29N3O2/c1-37-32-17-9-15-30(23-32)35(31-16-10-18-33(24-31)38-2)27-21-19-26(20-22-27)25-34-36(28-11-5-3-6-12-28)29-13-7-4-8-14-29/h3-25H,1-2H3/b34-25+. The Kier molecular flexibility index (Phi) is 7.66. The van der Waals surface area contributed by atoms with Crippen molar-refractivity contribution in [2.24, 2.45) is 5.10 Å². The van der Waals surface area contributed by atoms with Crippen molar-refractivity contribution < 1.29 is 9.47 Å². The van der Waals surface area contributed by atoms with E-state index >= 15 is 0 Å². The van der Waals surface area contributed by atoms with E-state index in [1.165, 1.54) is 0 Å². The van der Waals surface area contributed by atoms with Gasteiger partial charge in [-0.2, -0.15) is 5.10 Å². The summed E-state index contributed by atoms with van der Waals surface area (Å²) in [4.78, 5) is 2.17. The Morgan fingerprint density at radius 2 is 0.974 bits per heavy atom. The number of anilines is 5. The van der Waals surface area contributed by atoms with Gasteiger partial charge in [0.2, 0.25) is 0 Å². The molecule has 0 heterocycles. The first-order valence-corrected chi connectivity index (χ1v) is 12.4. The fourth-order valence-electron chi connectivity index (χ4n) is 4.20. The van der Waals surface area contributed by atoms with Crippen molar-refractivity contribution in [3.63, 3.8) is 0 Å². The average molecular weight is 500 g/mol. The summed E-state index contributed by atoms with van der Waals surface area (Å²) in [6, 6.07) is 44.6. The third-order valence-corrected chi connectivity index (χ3v) is 6.10. The van der Waals surface area contributed by atoms with E-state index in [9.17, 15) is 0 Å². The molecule has 0 unspecified atom stereocenters. The molecule has 5 heteroatoms. The second kappa shape index (κ2) is 11.8. The van der Waals surface area contributed by atoms with E-state index in [0.29, 0.717) is 0 Å². The highest BCUT2D eigenvalue weighted by Crippen LogP contribution is 2.37. The maximum absolute atomic E-state index is 5.49. The van der Waals surface area contributed by atoms with Crippen molar-refractivity contribution in [2.75, 3.05) is 24.1 Å². The van der Waals surface area contributed by atoms with E-state index in [0.717, 1.165) is 45.5 Å². The Balaban J connectivity index is 1.48. The molecule has 188 valence electrons. The van der Waals surface area contributed by atoms with Gasteiger partial charge in [-0.05, 0) is 66.2 Å². The van der Waals surface area contributed by atoms with Crippen molar-refractivity contribution in [1.82, 2.24) is 0 Å². The van der Waals surface area contributed by atoms with Crippen LogP contribution in [-0.2, 0) is 0 Å². The Labute approximate surface area is 223 Å². The number of benzene rings is 5. The zero-order valence-electron chi connectivity index (χ0n) is 21.4. The Hall–Kier alpha value is -5.03. The number of para-hydroxylation sites is 2. The molecule has 0 fully saturated rings. The molecular formula is C33H29N3O2. The molecule has 0 saturated heterocycles. The second-order valence-electron chi connectivity index (χ2n) is 8.56. The number of nitrogens with zero attached hydrogens (tertiary/aromatic N) is 3. The predicted octanol–water partition coefficient (Wildman–Crippen LogP) is 8.35. The maximum atomic E-state index is 5.49. The summed E-state index contributed by atoms with van der Waals surface area (Å²) < 4.78 is 11.0. The van der Waals surface area contributed by atoms with Crippen LogP contribution < -0.4 is 19.4 Å². The molecule has 0 spiro atoms. The molecule has 5 nitrogen and oxygen atoms in total. The topological polar surface area (TPSA) is 37.3 Å². The van der Waals surface area contributed by atoms with E-state index in [4.69, 9.17) is 14.6 Å². The maximum Gasteiger partial charge on any atom is 0.120 e. The molecule has 0 bridgehead atoms. The average Bonchev–Trinajstić information content (AvgIpc) is 2.99. The van der Waals surface area contributed by atoms with Crippen LogP contribution in [0.5, 0.6) is 11.5 Å². The van der Waals surface area contributed by atoms with Crippen LogP contribution in [-0.4, -0.2) is 20.4 Å². The predicted molar refractivity (Wildman–Crippen MR) is 157 cm³/mol. The van der Waals surface area contributed by atoms with Crippen molar-refractivity contribution in [3.8, 4) is 11.5 Å². The number of rotatable bonds is 9. The molecule has 0 aliphatic rings. The van der Waals surface area contributed by atoms with Crippen LogP contribution >= 0.6 is 0 Å². The molecule has 0 saturated carbocycles. The Bertz CT molecular complexity index is 1400. The van der Waals surface area contributed by atoms with Crippen molar-refractivity contribution >= 4 is 34.7 Å². The lowest BCUT2D eigenvalue weighted by Crippen LogP contribution is -2.10. The van der Waals surface area contributed by atoms with E-state index in [2.05, 4.69) is 41.3 Å². The molecule has 5 aromatic rings. The van der Waals surface area contributed by atoms with Gasteiger partial charge in [0.1, 0.15) is 11.5 Å². The zero-order chi connectivity index (χ0) is 26.2. The number of hydrogen-bond acceptors (Lipinski definition) is 5. The SMILES string of the molecule is COc1cccc(N(c2ccc(/C=N/N(c3ccccc3)c3ccccc3)cc2)c2cccc(OC)c2)c1. The first-order valence-electron chi connectivity index (χ1n) is 12.4. The van der Waals surface area contributed by atoms with Gasteiger partial charge in [0.25, 0.3) is 0 Å². The lowest BCUT2D eigenvalue weighted by atomic mass is 10.1. The quantitative estimate of drug-likeness (QED) is 0.151. The lowest BCUT2D eigenvalue weighted by Gasteiger charge is -2.26. The molecule has 0 aliphatic carbocycles. The van der Waals surface area contributed by atoms with Gasteiger partial charge in [-0.25, -0.2) is 5.01 Å². The summed E-state index contributed by atoms with van der Waals surface area (Å²) in [5.74, 6) is 1.59. The van der Waals surface area contributed by atoms with Crippen LogP contribution in [0.1, 0.15) is 5.56 Å². The molecule has 0 amide bonds. The van der Waals surface area contributed by atoms with Gasteiger partial charge >= 0.3 is 0 Å². The number of hydrazone groups is 1. The van der Waals surface area contributed by atoms with Gasteiger partial charge in [-0.3, -0.25) is 0 Å². The highest BCUT2D eigenvalue weighted by atomic mass is 16.5. The highest BCUT2D eigenvalue weighted by molar-refractivity contribution is 5.84. The van der Waals surface area contributed by atoms with Crippen LogP contribution in [0.15, 0.2) is 139 Å². The zero-order valence-corrected chi connectivity index (χ0v) is 21.4. The third kappa shape index (κ3) is 5.68. The van der Waals surface area contributed by atoms with E-state index in [1.54, 1.807) is 14.2 Å². The second-order valence-corrected chi connectivity index (χ2v) is 8.56. The molecule has 0 N–H and O–H groups in total. The monoisotopic (exact) mass is 499 g/mol. The van der Waals surface area contributed by atoms with Crippen molar-refractivity contribution in [1.29, 1.82) is 0 Å². The van der Waals surface area contributed by atoms with E-state index in [-0.39, 0.29) is 0 Å². The summed E-state index contributed by atoms with van der Waals surface area (Å²) in [6.45, 7) is 0. The van der Waals surface area contributed by atoms with Crippen LogP contribution in [0.2, 0.25) is 0 Å². The van der Waals surface area contributed by atoms with Crippen LogP contribution in [0.4, 0.5) is 28.4 Å². The Morgan fingerprint density at radius 3 is 1.45 bits per heavy atom. The molecule has 5 aromatic carbocycles. The van der Waals surface area contributed by atoms with Crippen LogP contribution in [0.3, 0.4) is 0 Å². The van der Waals surface area contributed by atoms with Gasteiger partial charge in [0.15, 0.2) is 0 Å². The van der Waals surface area contributed by atoms with Gasteiger partial charge in [-0.15, -0.1) is 0 Å². The van der Waals surface area contributed by atoms with E-state index in [1.807, 2.05) is 108 Å². The minimum absolute atomic E-state index is 0.793. The van der Waals surface area contributed by atoms with Crippen LogP contribution in [0, 0.1) is 0 Å². The lowest BCUT2D eigenvalue weighted by molar-refractivity contribution is 0.414. The largest absolute Gasteiger partial charge is 0.497 e. The summed E-state index contributed by atoms with van der Waals surface area (Å²) in [5, 5.41) is 6.77. The van der Waals surface area contributed by atoms with Gasteiger partial charge in [0, 0.05) is 29.2 Å². The first kappa shape index (κ1) is 24.7. The minimum Gasteiger partial charge on any atom is -0.497 e. The Morgan fingerprint density at radius 1 is 0.500 bits per heavy atom. The normalized spacial score (nSPS) is 10.8. The van der Waals surface area contributed by atoms with Crippen molar-refractivity contribution in [2.45, 2.75) is 0 Å². The van der Waals surface area contributed by atoms with Crippen molar-refractivity contribution in [3.05, 3.63) is 139 Å². The molecular weight excluding hydrogens is 470 g/mol. The number of methoxy groups -OCH3 is 2. The fraction of sp³-hybridized carbons (Fsp3) is 0.0606. The highest BCUT2D eigenvalue weighted by Gasteiger charge is 2.14. The van der Waals surface area contributed by atoms with Gasteiger partial charge in [0.05, 0.1) is 31.8 Å². The molecule has 5 rings (SSSR count). The fourth-order valence-corrected chi connectivity index (χ4v) is 4.20. The first-order chi connectivity index (χ1) is 18.7. The number of ether oxygens (including phenoxy) is 2. The molecule has 0 atom stereocenters. The summed E-state index contributed by atoms with van der Waals surface area (Å²) in [7, 11) is 3.36. The van der Waals surface area contributed by atoms with E-state index < -0.39 is 0 Å². The summed E-state index contributed by atoms with van der Waals surface area (Å²) in [6.07, 6.45) is 1.88. The number of hydrogen-bond donors (Lipinski definition) is 0. The third-order valence-electron chi connectivity index (χ3n) is 6.10. The summed E-state index contributed by atoms with van der Waals surface area (Å²) >= 11 is 0. The minimum atomic E-state index is 0.793.